The lowest BCUT2D eigenvalue weighted by Gasteiger charge is -2.03. The SMILES string of the molecule is Fc1c(Br)ccc2nc(Cl)n3ncnc3c12. The minimum Gasteiger partial charge on any atom is -0.218 e. The normalized spacial score (nSPS) is 11.4. The van der Waals surface area contributed by atoms with Gasteiger partial charge in [-0.15, -0.1) is 0 Å². The van der Waals surface area contributed by atoms with Crippen molar-refractivity contribution in [2.75, 3.05) is 0 Å². The molecule has 3 rings (SSSR count). The van der Waals surface area contributed by atoms with Crippen LogP contribution in [0.2, 0.25) is 5.28 Å². The molecular formula is C9H3BrClFN4. The van der Waals surface area contributed by atoms with Gasteiger partial charge in [-0.3, -0.25) is 0 Å². The van der Waals surface area contributed by atoms with Crippen molar-refractivity contribution < 1.29 is 4.39 Å². The molecule has 80 valence electrons. The number of hydrogen-bond donors (Lipinski definition) is 0. The zero-order valence-electron chi connectivity index (χ0n) is 7.65. The molecule has 0 saturated carbocycles. The van der Waals surface area contributed by atoms with E-state index < -0.39 is 5.82 Å². The van der Waals surface area contributed by atoms with E-state index in [1.807, 2.05) is 0 Å². The second-order valence-corrected chi connectivity index (χ2v) is 4.32. The molecule has 0 saturated heterocycles. The summed E-state index contributed by atoms with van der Waals surface area (Å²) in [7, 11) is 0. The smallest absolute Gasteiger partial charge is 0.218 e. The maximum atomic E-state index is 13.9. The molecule has 0 bridgehead atoms. The van der Waals surface area contributed by atoms with Crippen molar-refractivity contribution in [3.63, 3.8) is 0 Å². The molecule has 0 fully saturated rings. The molecule has 0 spiro atoms. The van der Waals surface area contributed by atoms with Crippen LogP contribution in [0.1, 0.15) is 0 Å². The maximum absolute atomic E-state index is 13.9. The molecule has 7 heteroatoms. The van der Waals surface area contributed by atoms with Gasteiger partial charge in [0.2, 0.25) is 5.28 Å². The predicted molar refractivity (Wildman–Crippen MR) is 61.0 cm³/mol. The van der Waals surface area contributed by atoms with E-state index in [2.05, 4.69) is 31.0 Å². The van der Waals surface area contributed by atoms with Crippen molar-refractivity contribution >= 4 is 44.1 Å². The van der Waals surface area contributed by atoms with Gasteiger partial charge in [-0.25, -0.2) is 14.4 Å². The van der Waals surface area contributed by atoms with Gasteiger partial charge >= 0.3 is 0 Å². The summed E-state index contributed by atoms with van der Waals surface area (Å²) >= 11 is 9.00. The fourth-order valence-electron chi connectivity index (χ4n) is 1.54. The Hall–Kier alpha value is -1.27. The molecule has 0 radical (unpaired) electrons. The van der Waals surface area contributed by atoms with Gasteiger partial charge in [0.25, 0.3) is 0 Å². The van der Waals surface area contributed by atoms with Crippen LogP contribution in [0.5, 0.6) is 0 Å². The van der Waals surface area contributed by atoms with Crippen LogP contribution in [0.15, 0.2) is 22.9 Å². The van der Waals surface area contributed by atoms with Crippen molar-refractivity contribution in [2.45, 2.75) is 0 Å². The van der Waals surface area contributed by atoms with Crippen LogP contribution in [0, 0.1) is 5.82 Å². The molecule has 0 aliphatic rings. The Morgan fingerprint density at radius 3 is 3.00 bits per heavy atom. The first-order valence-corrected chi connectivity index (χ1v) is 5.48. The molecule has 2 heterocycles. The Morgan fingerprint density at radius 2 is 2.19 bits per heavy atom. The highest BCUT2D eigenvalue weighted by Gasteiger charge is 2.14. The van der Waals surface area contributed by atoms with Gasteiger partial charge in [0.1, 0.15) is 6.33 Å². The Balaban J connectivity index is 2.66. The van der Waals surface area contributed by atoms with Gasteiger partial charge in [-0.1, -0.05) is 0 Å². The lowest BCUT2D eigenvalue weighted by atomic mass is 10.2. The Labute approximate surface area is 102 Å². The average Bonchev–Trinajstić information content (AvgIpc) is 2.73. The molecule has 0 aliphatic carbocycles. The average molecular weight is 302 g/mol. The van der Waals surface area contributed by atoms with Crippen LogP contribution in [-0.2, 0) is 0 Å². The molecule has 0 N–H and O–H groups in total. The van der Waals surface area contributed by atoms with E-state index in [4.69, 9.17) is 11.6 Å². The molecule has 0 unspecified atom stereocenters. The zero-order chi connectivity index (χ0) is 11.3. The topological polar surface area (TPSA) is 43.1 Å². The summed E-state index contributed by atoms with van der Waals surface area (Å²) < 4.78 is 15.6. The summed E-state index contributed by atoms with van der Waals surface area (Å²) in [4.78, 5) is 8.02. The summed E-state index contributed by atoms with van der Waals surface area (Å²) in [5.74, 6) is -0.417. The third-order valence-corrected chi connectivity index (χ3v) is 3.09. The molecule has 0 atom stereocenters. The van der Waals surface area contributed by atoms with E-state index in [1.54, 1.807) is 12.1 Å². The van der Waals surface area contributed by atoms with E-state index in [0.29, 0.717) is 21.0 Å². The van der Waals surface area contributed by atoms with Gasteiger partial charge in [0, 0.05) is 0 Å². The van der Waals surface area contributed by atoms with Crippen LogP contribution in [-0.4, -0.2) is 19.6 Å². The van der Waals surface area contributed by atoms with Crippen molar-refractivity contribution in [1.82, 2.24) is 19.6 Å². The summed E-state index contributed by atoms with van der Waals surface area (Å²) in [5.41, 5.74) is 0.806. The summed E-state index contributed by atoms with van der Waals surface area (Å²) in [6, 6.07) is 3.25. The largest absolute Gasteiger partial charge is 0.226 e. The van der Waals surface area contributed by atoms with Crippen LogP contribution < -0.4 is 0 Å². The number of aromatic nitrogens is 4. The zero-order valence-corrected chi connectivity index (χ0v) is 10.00. The number of nitrogens with zero attached hydrogens (tertiary/aromatic N) is 4. The van der Waals surface area contributed by atoms with E-state index in [1.165, 1.54) is 10.8 Å². The summed E-state index contributed by atoms with van der Waals surface area (Å²) in [5, 5.41) is 4.32. The molecule has 16 heavy (non-hydrogen) atoms. The predicted octanol–water partition coefficient (Wildman–Crippen LogP) is 2.83. The van der Waals surface area contributed by atoms with Crippen molar-refractivity contribution in [2.24, 2.45) is 0 Å². The minimum atomic E-state index is -0.417. The third kappa shape index (κ3) is 1.23. The van der Waals surface area contributed by atoms with Crippen molar-refractivity contribution in [3.05, 3.63) is 34.0 Å². The van der Waals surface area contributed by atoms with Gasteiger partial charge in [0.05, 0.1) is 15.4 Å². The monoisotopic (exact) mass is 300 g/mol. The molecule has 0 amide bonds. The van der Waals surface area contributed by atoms with Crippen LogP contribution >= 0.6 is 27.5 Å². The first-order valence-electron chi connectivity index (χ1n) is 4.31. The van der Waals surface area contributed by atoms with Crippen molar-refractivity contribution in [3.8, 4) is 0 Å². The first-order chi connectivity index (χ1) is 7.68. The van der Waals surface area contributed by atoms with Gasteiger partial charge < -0.3 is 0 Å². The standard InChI is InChI=1S/C9H3BrClFN4/c10-4-1-2-5-6(7(4)12)8-13-3-14-16(8)9(11)15-5/h1-3H. The number of halogens is 3. The molecule has 3 aromatic rings. The Kier molecular flexibility index (Phi) is 2.08. The van der Waals surface area contributed by atoms with Gasteiger partial charge in [-0.05, 0) is 39.7 Å². The highest BCUT2D eigenvalue weighted by Crippen LogP contribution is 2.27. The lowest BCUT2D eigenvalue weighted by molar-refractivity contribution is 0.633. The fraction of sp³-hybridized carbons (Fsp3) is 0. The molecule has 2 aromatic heterocycles. The maximum Gasteiger partial charge on any atom is 0.226 e. The Bertz CT molecular complexity index is 711. The minimum absolute atomic E-state index is 0.154. The quantitative estimate of drug-likeness (QED) is 0.600. The molecule has 4 nitrogen and oxygen atoms in total. The second-order valence-electron chi connectivity index (χ2n) is 3.13. The van der Waals surface area contributed by atoms with E-state index >= 15 is 0 Å². The van der Waals surface area contributed by atoms with Gasteiger partial charge in [-0.2, -0.15) is 9.61 Å². The van der Waals surface area contributed by atoms with Crippen molar-refractivity contribution in [1.29, 1.82) is 0 Å². The van der Waals surface area contributed by atoms with Crippen LogP contribution in [0.3, 0.4) is 0 Å². The number of benzene rings is 1. The number of rotatable bonds is 0. The van der Waals surface area contributed by atoms with E-state index in [-0.39, 0.29) is 5.28 Å². The van der Waals surface area contributed by atoms with Crippen LogP contribution in [0.25, 0.3) is 16.6 Å². The summed E-state index contributed by atoms with van der Waals surface area (Å²) in [6.45, 7) is 0. The van der Waals surface area contributed by atoms with Gasteiger partial charge in [0.15, 0.2) is 11.5 Å². The third-order valence-electron chi connectivity index (χ3n) is 2.23. The first kappa shape index (κ1) is 9.92. The highest BCUT2D eigenvalue weighted by molar-refractivity contribution is 9.10. The second kappa shape index (κ2) is 3.36. The van der Waals surface area contributed by atoms with Crippen LogP contribution in [0.4, 0.5) is 4.39 Å². The Morgan fingerprint density at radius 1 is 1.38 bits per heavy atom. The van der Waals surface area contributed by atoms with E-state index in [0.717, 1.165) is 0 Å². The fourth-order valence-corrected chi connectivity index (χ4v) is 2.09. The van der Waals surface area contributed by atoms with E-state index in [9.17, 15) is 4.39 Å². The molecule has 0 aliphatic heterocycles. The number of fused-ring (bicyclic) bond motifs is 3. The molecular weight excluding hydrogens is 298 g/mol. The molecule has 1 aromatic carbocycles. The summed E-state index contributed by atoms with van der Waals surface area (Å²) in [6.07, 6.45) is 1.31. The number of hydrogen-bond acceptors (Lipinski definition) is 3. The highest BCUT2D eigenvalue weighted by atomic mass is 79.9. The lowest BCUT2D eigenvalue weighted by Crippen LogP contribution is -1.96.